The molecule has 2 aromatic carbocycles. The number of nitrogens with one attached hydrogen (secondary N) is 1. The first kappa shape index (κ1) is 20.5. The normalized spacial score (nSPS) is 19.5. The Labute approximate surface area is 178 Å². The Morgan fingerprint density at radius 3 is 2.47 bits per heavy atom. The summed E-state index contributed by atoms with van der Waals surface area (Å²) in [6, 6.07) is 15.5. The van der Waals surface area contributed by atoms with Crippen molar-refractivity contribution in [3.05, 3.63) is 65.2 Å². The number of piperidine rings is 1. The van der Waals surface area contributed by atoms with E-state index in [0.717, 1.165) is 49.1 Å². The van der Waals surface area contributed by atoms with Crippen LogP contribution in [0, 0.1) is 0 Å². The summed E-state index contributed by atoms with van der Waals surface area (Å²) in [6.45, 7) is 1.45. The van der Waals surface area contributed by atoms with Gasteiger partial charge in [0.05, 0.1) is 7.11 Å². The zero-order chi connectivity index (χ0) is 20.9. The minimum atomic E-state index is 0.0192. The smallest absolute Gasteiger partial charge is 0.253 e. The topological polar surface area (TPSA) is 58.6 Å². The summed E-state index contributed by atoms with van der Waals surface area (Å²) in [6.07, 6.45) is 6.55. The molecule has 0 aromatic heterocycles. The molecule has 158 valence electrons. The van der Waals surface area contributed by atoms with E-state index in [0.29, 0.717) is 18.2 Å². The number of amides is 2. The monoisotopic (exact) mass is 406 g/mol. The molecule has 1 N–H and O–H groups in total. The van der Waals surface area contributed by atoms with Gasteiger partial charge in [0, 0.05) is 36.2 Å². The van der Waals surface area contributed by atoms with E-state index in [9.17, 15) is 9.59 Å². The van der Waals surface area contributed by atoms with Crippen LogP contribution in [0.25, 0.3) is 0 Å². The molecule has 2 aromatic rings. The van der Waals surface area contributed by atoms with Crippen molar-refractivity contribution in [2.45, 2.75) is 50.5 Å². The highest BCUT2D eigenvalue weighted by atomic mass is 16.5. The van der Waals surface area contributed by atoms with Crippen molar-refractivity contribution in [2.75, 3.05) is 20.2 Å². The third kappa shape index (κ3) is 4.66. The number of benzene rings is 2. The Bertz CT molecular complexity index is 888. The Morgan fingerprint density at radius 2 is 1.73 bits per heavy atom. The molecule has 2 fully saturated rings. The summed E-state index contributed by atoms with van der Waals surface area (Å²) in [5.41, 5.74) is 2.54. The van der Waals surface area contributed by atoms with Crippen LogP contribution in [-0.4, -0.2) is 43.0 Å². The molecule has 1 saturated carbocycles. The standard InChI is InChI=1S/C25H30N2O3/c1-30-23-13-11-18(12-14-23)25(29)27-15-5-8-21(17-27)19-6-4-7-20(16-19)24(28)26-22-9-2-3-10-22/h4,6-7,11-14,16,21-22H,2-3,5,8-10,15,17H2,1H3,(H,26,28). The van der Waals surface area contributed by atoms with Crippen LogP contribution in [-0.2, 0) is 0 Å². The third-order valence-electron chi connectivity index (χ3n) is 6.36. The summed E-state index contributed by atoms with van der Waals surface area (Å²) < 4.78 is 5.18. The third-order valence-corrected chi connectivity index (χ3v) is 6.36. The van der Waals surface area contributed by atoms with Crippen LogP contribution in [0.1, 0.15) is 70.7 Å². The number of hydrogen-bond acceptors (Lipinski definition) is 3. The van der Waals surface area contributed by atoms with E-state index in [4.69, 9.17) is 4.74 Å². The van der Waals surface area contributed by atoms with Gasteiger partial charge in [0.15, 0.2) is 0 Å². The predicted molar refractivity (Wildman–Crippen MR) is 117 cm³/mol. The van der Waals surface area contributed by atoms with E-state index < -0.39 is 0 Å². The Hall–Kier alpha value is -2.82. The van der Waals surface area contributed by atoms with Gasteiger partial charge in [0.1, 0.15) is 5.75 Å². The lowest BCUT2D eigenvalue weighted by molar-refractivity contribution is 0.0706. The van der Waals surface area contributed by atoms with Crippen LogP contribution < -0.4 is 10.1 Å². The van der Waals surface area contributed by atoms with Gasteiger partial charge in [-0.3, -0.25) is 9.59 Å². The maximum atomic E-state index is 13.0. The Morgan fingerprint density at radius 1 is 0.967 bits per heavy atom. The number of rotatable bonds is 5. The predicted octanol–water partition coefficient (Wildman–Crippen LogP) is 4.39. The average molecular weight is 407 g/mol. The van der Waals surface area contributed by atoms with Gasteiger partial charge in [-0.2, -0.15) is 0 Å². The minimum Gasteiger partial charge on any atom is -0.497 e. The van der Waals surface area contributed by atoms with E-state index >= 15 is 0 Å². The molecule has 0 bridgehead atoms. The van der Waals surface area contributed by atoms with Gasteiger partial charge in [0.2, 0.25) is 0 Å². The fourth-order valence-corrected chi connectivity index (χ4v) is 4.62. The summed E-state index contributed by atoms with van der Waals surface area (Å²) in [4.78, 5) is 27.6. The Kier molecular flexibility index (Phi) is 6.36. The van der Waals surface area contributed by atoms with Crippen molar-refractivity contribution < 1.29 is 14.3 Å². The molecule has 1 aliphatic heterocycles. The number of likely N-dealkylation sites (tertiary alicyclic amines) is 1. The molecule has 1 atom stereocenters. The van der Waals surface area contributed by atoms with Crippen molar-refractivity contribution in [1.82, 2.24) is 10.2 Å². The zero-order valence-corrected chi connectivity index (χ0v) is 17.6. The van der Waals surface area contributed by atoms with Gasteiger partial charge in [0.25, 0.3) is 11.8 Å². The fraction of sp³-hybridized carbons (Fsp3) is 0.440. The van der Waals surface area contributed by atoms with Gasteiger partial charge < -0.3 is 15.0 Å². The number of nitrogens with zero attached hydrogens (tertiary/aromatic N) is 1. The molecule has 1 aliphatic carbocycles. The summed E-state index contributed by atoms with van der Waals surface area (Å²) in [5, 5.41) is 3.17. The number of methoxy groups -OCH3 is 1. The summed E-state index contributed by atoms with van der Waals surface area (Å²) in [7, 11) is 1.62. The van der Waals surface area contributed by atoms with Crippen molar-refractivity contribution >= 4 is 11.8 Å². The minimum absolute atomic E-state index is 0.0192. The number of hydrogen-bond donors (Lipinski definition) is 1. The maximum Gasteiger partial charge on any atom is 0.253 e. The number of carbonyl (C=O) groups is 2. The quantitative estimate of drug-likeness (QED) is 0.801. The first-order chi connectivity index (χ1) is 14.6. The molecular formula is C25H30N2O3. The van der Waals surface area contributed by atoms with E-state index in [2.05, 4.69) is 11.4 Å². The van der Waals surface area contributed by atoms with Crippen molar-refractivity contribution in [1.29, 1.82) is 0 Å². The SMILES string of the molecule is COc1ccc(C(=O)N2CCCC(c3cccc(C(=O)NC4CCCC4)c3)C2)cc1. The molecule has 1 unspecified atom stereocenters. The molecule has 30 heavy (non-hydrogen) atoms. The molecule has 1 heterocycles. The van der Waals surface area contributed by atoms with E-state index in [-0.39, 0.29) is 17.7 Å². The van der Waals surface area contributed by atoms with Crippen molar-refractivity contribution in [2.24, 2.45) is 0 Å². The van der Waals surface area contributed by atoms with E-state index in [1.807, 2.05) is 47.4 Å². The largest absolute Gasteiger partial charge is 0.497 e. The van der Waals surface area contributed by atoms with Crippen LogP contribution in [0.15, 0.2) is 48.5 Å². The van der Waals surface area contributed by atoms with Gasteiger partial charge in [-0.25, -0.2) is 0 Å². The van der Waals surface area contributed by atoms with Crippen LogP contribution >= 0.6 is 0 Å². The van der Waals surface area contributed by atoms with Gasteiger partial charge in [-0.15, -0.1) is 0 Å². The van der Waals surface area contributed by atoms with E-state index in [1.54, 1.807) is 7.11 Å². The van der Waals surface area contributed by atoms with E-state index in [1.165, 1.54) is 12.8 Å². The summed E-state index contributed by atoms with van der Waals surface area (Å²) in [5.74, 6) is 1.07. The highest BCUT2D eigenvalue weighted by molar-refractivity contribution is 5.95. The molecule has 5 nitrogen and oxygen atoms in total. The van der Waals surface area contributed by atoms with Crippen LogP contribution in [0.5, 0.6) is 5.75 Å². The molecule has 4 rings (SSSR count). The van der Waals surface area contributed by atoms with Gasteiger partial charge >= 0.3 is 0 Å². The second-order valence-corrected chi connectivity index (χ2v) is 8.40. The van der Waals surface area contributed by atoms with Crippen molar-refractivity contribution in [3.63, 3.8) is 0 Å². The van der Waals surface area contributed by atoms with Crippen LogP contribution in [0.2, 0.25) is 0 Å². The number of carbonyl (C=O) groups excluding carboxylic acids is 2. The molecule has 1 saturated heterocycles. The van der Waals surface area contributed by atoms with Crippen molar-refractivity contribution in [3.8, 4) is 5.75 Å². The lowest BCUT2D eigenvalue weighted by Crippen LogP contribution is -2.39. The zero-order valence-electron chi connectivity index (χ0n) is 17.6. The average Bonchev–Trinajstić information content (AvgIpc) is 3.32. The molecule has 0 radical (unpaired) electrons. The number of ether oxygens (including phenoxy) is 1. The molecule has 2 amide bonds. The summed E-state index contributed by atoms with van der Waals surface area (Å²) >= 11 is 0. The highest BCUT2D eigenvalue weighted by Gasteiger charge is 2.26. The second kappa shape index (κ2) is 9.33. The lowest BCUT2D eigenvalue weighted by Gasteiger charge is -2.33. The first-order valence-electron chi connectivity index (χ1n) is 11.0. The first-order valence-corrected chi connectivity index (χ1v) is 11.0. The highest BCUT2D eigenvalue weighted by Crippen LogP contribution is 2.29. The van der Waals surface area contributed by atoms with Crippen LogP contribution in [0.3, 0.4) is 0 Å². The second-order valence-electron chi connectivity index (χ2n) is 8.40. The molecular weight excluding hydrogens is 376 g/mol. The fourth-order valence-electron chi connectivity index (χ4n) is 4.62. The Balaban J connectivity index is 1.43. The molecule has 5 heteroatoms. The lowest BCUT2D eigenvalue weighted by atomic mass is 9.89. The molecule has 2 aliphatic rings. The van der Waals surface area contributed by atoms with Gasteiger partial charge in [-0.05, 0) is 67.6 Å². The van der Waals surface area contributed by atoms with Crippen LogP contribution in [0.4, 0.5) is 0 Å². The van der Waals surface area contributed by atoms with Gasteiger partial charge in [-0.1, -0.05) is 25.0 Å². The maximum absolute atomic E-state index is 13.0. The molecule has 0 spiro atoms.